The molecular formula is C14H22N2O4. The molecule has 0 aliphatic rings. The molecule has 0 fully saturated rings. The molecule has 0 aromatic heterocycles. The quantitative estimate of drug-likeness (QED) is 0.383. The summed E-state index contributed by atoms with van der Waals surface area (Å²) in [6.07, 6.45) is 3.85. The fourth-order valence-electron chi connectivity index (χ4n) is 1.61. The number of rotatable bonds is 11. The molecule has 0 unspecified atom stereocenters. The van der Waals surface area contributed by atoms with E-state index in [4.69, 9.17) is 15.2 Å². The van der Waals surface area contributed by atoms with Crippen LogP contribution < -0.4 is 10.5 Å². The molecule has 0 heterocycles. The van der Waals surface area contributed by atoms with Gasteiger partial charge in [0.05, 0.1) is 11.5 Å². The fraction of sp³-hybridized carbons (Fsp3) is 0.571. The second kappa shape index (κ2) is 10.2. The summed E-state index contributed by atoms with van der Waals surface area (Å²) < 4.78 is 10.9. The van der Waals surface area contributed by atoms with Gasteiger partial charge in [0.15, 0.2) is 0 Å². The average molecular weight is 282 g/mol. The van der Waals surface area contributed by atoms with Crippen molar-refractivity contribution >= 4 is 5.69 Å². The highest BCUT2D eigenvalue weighted by Crippen LogP contribution is 2.17. The third-order valence-electron chi connectivity index (χ3n) is 2.74. The van der Waals surface area contributed by atoms with Crippen molar-refractivity contribution in [3.8, 4) is 5.75 Å². The summed E-state index contributed by atoms with van der Waals surface area (Å²) in [4.78, 5) is 10.1. The Morgan fingerprint density at radius 3 is 2.20 bits per heavy atom. The molecule has 6 heteroatoms. The van der Waals surface area contributed by atoms with Gasteiger partial charge in [0.25, 0.3) is 5.69 Å². The van der Waals surface area contributed by atoms with E-state index in [1.807, 2.05) is 0 Å². The van der Waals surface area contributed by atoms with E-state index in [1.54, 1.807) is 12.1 Å². The largest absolute Gasteiger partial charge is 0.494 e. The lowest BCUT2D eigenvalue weighted by Gasteiger charge is -2.06. The second-order valence-electron chi connectivity index (χ2n) is 4.41. The number of hydrogen-bond donors (Lipinski definition) is 1. The summed E-state index contributed by atoms with van der Waals surface area (Å²) in [5, 5.41) is 10.5. The third-order valence-corrected chi connectivity index (χ3v) is 2.74. The maximum atomic E-state index is 10.5. The lowest BCUT2D eigenvalue weighted by atomic mass is 10.3. The molecule has 0 amide bonds. The first-order chi connectivity index (χ1) is 9.74. The van der Waals surface area contributed by atoms with E-state index < -0.39 is 4.92 Å². The van der Waals surface area contributed by atoms with Crippen molar-refractivity contribution in [2.24, 2.45) is 5.73 Å². The molecule has 1 aromatic carbocycles. The molecule has 20 heavy (non-hydrogen) atoms. The van der Waals surface area contributed by atoms with Gasteiger partial charge in [0.1, 0.15) is 5.75 Å². The minimum absolute atomic E-state index is 0.0724. The van der Waals surface area contributed by atoms with Crippen molar-refractivity contribution in [3.63, 3.8) is 0 Å². The number of benzene rings is 1. The van der Waals surface area contributed by atoms with Crippen molar-refractivity contribution in [2.45, 2.75) is 25.7 Å². The molecule has 1 rings (SSSR count). The number of nitrogens with zero attached hydrogens (tertiary/aromatic N) is 1. The number of ether oxygens (including phenoxy) is 2. The summed E-state index contributed by atoms with van der Waals surface area (Å²) in [5.41, 5.74) is 5.45. The average Bonchev–Trinajstić information content (AvgIpc) is 2.46. The van der Waals surface area contributed by atoms with Crippen LogP contribution in [0.15, 0.2) is 24.3 Å². The van der Waals surface area contributed by atoms with Crippen molar-refractivity contribution in [3.05, 3.63) is 34.4 Å². The number of unbranched alkanes of at least 4 members (excludes halogenated alkanes) is 2. The predicted octanol–water partition coefficient (Wildman–Crippen LogP) is 2.51. The topological polar surface area (TPSA) is 87.6 Å². The van der Waals surface area contributed by atoms with Gasteiger partial charge in [-0.05, 0) is 44.4 Å². The Kier molecular flexibility index (Phi) is 8.33. The van der Waals surface area contributed by atoms with E-state index in [0.29, 0.717) is 18.9 Å². The zero-order chi connectivity index (χ0) is 14.6. The predicted molar refractivity (Wildman–Crippen MR) is 76.9 cm³/mol. The zero-order valence-corrected chi connectivity index (χ0v) is 11.6. The highest BCUT2D eigenvalue weighted by atomic mass is 16.6. The number of nitro benzene ring substituents is 1. The molecule has 0 atom stereocenters. The molecule has 0 radical (unpaired) electrons. The highest BCUT2D eigenvalue weighted by molar-refractivity contribution is 5.35. The SMILES string of the molecule is NCCCCOCCCCOc1ccc([N+](=O)[O-])cc1. The van der Waals surface area contributed by atoms with Crippen LogP contribution in [0.3, 0.4) is 0 Å². The second-order valence-corrected chi connectivity index (χ2v) is 4.41. The minimum atomic E-state index is -0.425. The van der Waals surface area contributed by atoms with Gasteiger partial charge in [-0.2, -0.15) is 0 Å². The number of hydrogen-bond acceptors (Lipinski definition) is 5. The lowest BCUT2D eigenvalue weighted by molar-refractivity contribution is -0.384. The number of nitrogens with two attached hydrogens (primary N) is 1. The Morgan fingerprint density at radius 2 is 1.60 bits per heavy atom. The first kappa shape index (κ1) is 16.4. The van der Waals surface area contributed by atoms with Crippen LogP contribution in [0.1, 0.15) is 25.7 Å². The molecule has 0 spiro atoms. The molecule has 0 saturated carbocycles. The molecule has 2 N–H and O–H groups in total. The molecule has 6 nitrogen and oxygen atoms in total. The summed E-state index contributed by atoms with van der Waals surface area (Å²) in [6.45, 7) is 2.80. The Labute approximate surface area is 119 Å². The minimum Gasteiger partial charge on any atom is -0.494 e. The van der Waals surface area contributed by atoms with Crippen LogP contribution in [-0.4, -0.2) is 31.3 Å². The molecular weight excluding hydrogens is 260 g/mol. The van der Waals surface area contributed by atoms with Crippen LogP contribution in [0.25, 0.3) is 0 Å². The lowest BCUT2D eigenvalue weighted by Crippen LogP contribution is -2.04. The highest BCUT2D eigenvalue weighted by Gasteiger charge is 2.03. The summed E-state index contributed by atoms with van der Waals surface area (Å²) >= 11 is 0. The van der Waals surface area contributed by atoms with E-state index in [-0.39, 0.29) is 5.69 Å². The van der Waals surface area contributed by atoms with Crippen LogP contribution in [0.5, 0.6) is 5.75 Å². The van der Waals surface area contributed by atoms with Gasteiger partial charge in [0, 0.05) is 25.3 Å². The fourth-order valence-corrected chi connectivity index (χ4v) is 1.61. The standard InChI is InChI=1S/C14H22N2O4/c15-9-1-2-10-19-11-3-4-12-20-14-7-5-13(6-8-14)16(17)18/h5-8H,1-4,9-12,15H2. The molecule has 0 aliphatic carbocycles. The van der Waals surface area contributed by atoms with Crippen molar-refractivity contribution in [1.29, 1.82) is 0 Å². The Morgan fingerprint density at radius 1 is 1.00 bits per heavy atom. The van der Waals surface area contributed by atoms with Crippen LogP contribution in [0.2, 0.25) is 0 Å². The Balaban J connectivity index is 2.02. The van der Waals surface area contributed by atoms with Crippen LogP contribution in [0, 0.1) is 10.1 Å². The normalized spacial score (nSPS) is 10.4. The first-order valence-corrected chi connectivity index (χ1v) is 6.89. The smallest absolute Gasteiger partial charge is 0.269 e. The molecule has 0 saturated heterocycles. The van der Waals surface area contributed by atoms with Gasteiger partial charge in [-0.1, -0.05) is 0 Å². The zero-order valence-electron chi connectivity index (χ0n) is 11.6. The summed E-state index contributed by atoms with van der Waals surface area (Å²) in [7, 11) is 0. The van der Waals surface area contributed by atoms with Crippen molar-refractivity contribution in [1.82, 2.24) is 0 Å². The molecule has 0 bridgehead atoms. The number of nitro groups is 1. The van der Waals surface area contributed by atoms with Crippen LogP contribution in [0.4, 0.5) is 5.69 Å². The van der Waals surface area contributed by atoms with Crippen molar-refractivity contribution in [2.75, 3.05) is 26.4 Å². The van der Waals surface area contributed by atoms with E-state index >= 15 is 0 Å². The maximum absolute atomic E-state index is 10.5. The van der Waals surface area contributed by atoms with E-state index in [9.17, 15) is 10.1 Å². The Hall–Kier alpha value is -1.66. The summed E-state index contributed by atoms with van der Waals surface area (Å²) in [5.74, 6) is 0.652. The summed E-state index contributed by atoms with van der Waals surface area (Å²) in [6, 6.07) is 6.11. The van der Waals surface area contributed by atoms with E-state index in [1.165, 1.54) is 12.1 Å². The van der Waals surface area contributed by atoms with Gasteiger partial charge >= 0.3 is 0 Å². The first-order valence-electron chi connectivity index (χ1n) is 6.89. The van der Waals surface area contributed by atoms with Gasteiger partial charge in [-0.25, -0.2) is 0 Å². The molecule has 1 aromatic rings. The van der Waals surface area contributed by atoms with Gasteiger partial charge in [-0.15, -0.1) is 0 Å². The van der Waals surface area contributed by atoms with Gasteiger partial charge < -0.3 is 15.2 Å². The van der Waals surface area contributed by atoms with Gasteiger partial charge in [-0.3, -0.25) is 10.1 Å². The Bertz CT molecular complexity index is 381. The maximum Gasteiger partial charge on any atom is 0.269 e. The van der Waals surface area contributed by atoms with Gasteiger partial charge in [0.2, 0.25) is 0 Å². The molecule has 112 valence electrons. The van der Waals surface area contributed by atoms with E-state index in [0.717, 1.165) is 38.9 Å². The van der Waals surface area contributed by atoms with E-state index in [2.05, 4.69) is 0 Å². The van der Waals surface area contributed by atoms with Crippen molar-refractivity contribution < 1.29 is 14.4 Å². The van der Waals surface area contributed by atoms with Crippen LogP contribution >= 0.6 is 0 Å². The number of non-ortho nitro benzene ring substituents is 1. The monoisotopic (exact) mass is 282 g/mol. The van der Waals surface area contributed by atoms with Crippen LogP contribution in [-0.2, 0) is 4.74 Å². The molecule has 0 aliphatic heterocycles. The third kappa shape index (κ3) is 7.06.